The summed E-state index contributed by atoms with van der Waals surface area (Å²) in [5.41, 5.74) is 6.57. The van der Waals surface area contributed by atoms with Crippen LogP contribution in [0.15, 0.2) is 47.4 Å². The van der Waals surface area contributed by atoms with Gasteiger partial charge in [-0.05, 0) is 49.7 Å². The summed E-state index contributed by atoms with van der Waals surface area (Å²) < 4.78 is 5.37. The van der Waals surface area contributed by atoms with E-state index in [9.17, 15) is 14.4 Å². The summed E-state index contributed by atoms with van der Waals surface area (Å²) in [5, 5.41) is 2.59. The highest BCUT2D eigenvalue weighted by molar-refractivity contribution is 8.00. The molecule has 3 N–H and O–H groups in total. The second-order valence-corrected chi connectivity index (χ2v) is 7.45. The second kappa shape index (κ2) is 8.13. The van der Waals surface area contributed by atoms with Gasteiger partial charge in [-0.2, -0.15) is 0 Å². The van der Waals surface area contributed by atoms with Crippen LogP contribution in [-0.2, 0) is 9.59 Å². The number of benzene rings is 2. The van der Waals surface area contributed by atoms with Crippen molar-refractivity contribution < 1.29 is 19.1 Å². The topological polar surface area (TPSA) is 96.5 Å². The molecule has 0 fully saturated rings. The number of carbonyl (C=O) groups is 3. The number of fused-ring (bicyclic) bond motifs is 1. The lowest BCUT2D eigenvalue weighted by Gasteiger charge is -2.21. The summed E-state index contributed by atoms with van der Waals surface area (Å²) in [4.78, 5) is 36.7. The number of hydrogen-bond donors (Lipinski definition) is 3. The van der Waals surface area contributed by atoms with Crippen molar-refractivity contribution in [2.45, 2.75) is 24.0 Å². The first-order chi connectivity index (χ1) is 12.9. The lowest BCUT2D eigenvalue weighted by Crippen LogP contribution is -2.43. The number of hydrogen-bond acceptors (Lipinski definition) is 5. The number of rotatable bonds is 4. The molecule has 2 aromatic rings. The predicted molar refractivity (Wildman–Crippen MR) is 103 cm³/mol. The molecule has 0 bridgehead atoms. The van der Waals surface area contributed by atoms with Crippen molar-refractivity contribution in [2.24, 2.45) is 0 Å². The van der Waals surface area contributed by atoms with Crippen LogP contribution >= 0.6 is 11.8 Å². The Balaban J connectivity index is 1.52. The van der Waals surface area contributed by atoms with Gasteiger partial charge in [0.2, 0.25) is 5.91 Å². The van der Waals surface area contributed by atoms with Crippen molar-refractivity contribution >= 4 is 35.2 Å². The molecule has 140 valence electrons. The normalized spacial score (nSPS) is 15.3. The maximum Gasteiger partial charge on any atom is 0.276 e. The Morgan fingerprint density at radius 2 is 2.00 bits per heavy atom. The number of amides is 3. The summed E-state index contributed by atoms with van der Waals surface area (Å²) in [6.07, 6.45) is 0. The zero-order chi connectivity index (χ0) is 19.4. The highest BCUT2D eigenvalue weighted by Crippen LogP contribution is 2.35. The molecule has 0 saturated heterocycles. The molecule has 27 heavy (non-hydrogen) atoms. The molecule has 7 nitrogen and oxygen atoms in total. The highest BCUT2D eigenvalue weighted by Gasteiger charge is 2.23. The van der Waals surface area contributed by atoms with E-state index in [1.54, 1.807) is 24.3 Å². The molecule has 2 aromatic carbocycles. The second-order valence-electron chi connectivity index (χ2n) is 6.07. The quantitative estimate of drug-likeness (QED) is 0.702. The lowest BCUT2D eigenvalue weighted by atomic mass is 10.2. The third kappa shape index (κ3) is 4.79. The Labute approximate surface area is 160 Å². The first kappa shape index (κ1) is 18.8. The van der Waals surface area contributed by atoms with Crippen LogP contribution in [0.1, 0.15) is 22.8 Å². The molecule has 0 spiro atoms. The number of thioether (sulfide) groups is 1. The van der Waals surface area contributed by atoms with E-state index < -0.39 is 11.8 Å². The molecular weight excluding hydrogens is 366 g/mol. The summed E-state index contributed by atoms with van der Waals surface area (Å²) in [7, 11) is 0. The average molecular weight is 385 g/mol. The number of nitrogens with one attached hydrogen (secondary N) is 3. The van der Waals surface area contributed by atoms with Crippen LogP contribution in [0, 0.1) is 6.92 Å². The summed E-state index contributed by atoms with van der Waals surface area (Å²) >= 11 is 1.43. The molecule has 8 heteroatoms. The van der Waals surface area contributed by atoms with Crippen molar-refractivity contribution in [1.82, 2.24) is 10.9 Å². The maximum atomic E-state index is 12.2. The van der Waals surface area contributed by atoms with Crippen LogP contribution in [0.2, 0.25) is 0 Å². The van der Waals surface area contributed by atoms with E-state index in [0.29, 0.717) is 17.0 Å². The molecule has 0 radical (unpaired) electrons. The zero-order valence-electron chi connectivity index (χ0n) is 14.9. The molecule has 3 amide bonds. The zero-order valence-corrected chi connectivity index (χ0v) is 15.7. The molecule has 0 saturated carbocycles. The highest BCUT2D eigenvalue weighted by atomic mass is 32.2. The van der Waals surface area contributed by atoms with Gasteiger partial charge in [0.1, 0.15) is 5.75 Å². The molecule has 0 aromatic heterocycles. The minimum atomic E-state index is -0.487. The molecule has 3 rings (SSSR count). The van der Waals surface area contributed by atoms with Crippen LogP contribution in [0.3, 0.4) is 0 Å². The predicted octanol–water partition coefficient (Wildman–Crippen LogP) is 2.27. The first-order valence-electron chi connectivity index (χ1n) is 8.32. The number of ether oxygens (including phenoxy) is 1. The molecule has 1 aliphatic rings. The van der Waals surface area contributed by atoms with E-state index >= 15 is 0 Å². The van der Waals surface area contributed by atoms with Gasteiger partial charge < -0.3 is 10.1 Å². The molecule has 0 aliphatic carbocycles. The number of aryl methyl sites for hydroxylation is 1. The minimum absolute atomic E-state index is 0.105. The minimum Gasteiger partial charge on any atom is -0.484 e. The van der Waals surface area contributed by atoms with Gasteiger partial charge in [0, 0.05) is 10.5 Å². The van der Waals surface area contributed by atoms with Gasteiger partial charge in [0.25, 0.3) is 11.8 Å². The van der Waals surface area contributed by atoms with E-state index in [1.165, 1.54) is 11.8 Å². The van der Waals surface area contributed by atoms with Crippen LogP contribution in [-0.4, -0.2) is 29.6 Å². The van der Waals surface area contributed by atoms with Gasteiger partial charge in [0.05, 0.1) is 10.9 Å². The van der Waals surface area contributed by atoms with Crippen molar-refractivity contribution in [3.8, 4) is 5.75 Å². The monoisotopic (exact) mass is 385 g/mol. The molecule has 1 atom stereocenters. The average Bonchev–Trinajstić information content (AvgIpc) is 2.65. The fourth-order valence-corrected chi connectivity index (χ4v) is 3.37. The molecule has 1 aliphatic heterocycles. The summed E-state index contributed by atoms with van der Waals surface area (Å²) in [6, 6.07) is 12.3. The Morgan fingerprint density at radius 1 is 1.19 bits per heavy atom. The first-order valence-corrected chi connectivity index (χ1v) is 9.20. The lowest BCUT2D eigenvalue weighted by molar-refractivity contribution is -0.123. The van der Waals surface area contributed by atoms with Gasteiger partial charge in [-0.25, -0.2) is 0 Å². The van der Waals surface area contributed by atoms with Gasteiger partial charge >= 0.3 is 0 Å². The van der Waals surface area contributed by atoms with E-state index in [4.69, 9.17) is 4.74 Å². The Morgan fingerprint density at radius 3 is 2.78 bits per heavy atom. The maximum absolute atomic E-state index is 12.2. The van der Waals surface area contributed by atoms with Crippen molar-refractivity contribution in [1.29, 1.82) is 0 Å². The SMILES string of the molecule is Cc1cccc(OCC(=O)NNC(=O)c2ccc3c(c2)NC(=O)C(C)S3)c1. The van der Waals surface area contributed by atoms with Crippen LogP contribution in [0.25, 0.3) is 0 Å². The standard InChI is InChI=1S/C19H19N3O4S/c1-11-4-3-5-14(8-11)26-10-17(23)21-22-19(25)13-6-7-16-15(9-13)20-18(24)12(2)27-16/h3-9,12H,10H2,1-2H3,(H,20,24)(H,21,23)(H,22,25). The van der Waals surface area contributed by atoms with Crippen LogP contribution < -0.4 is 20.9 Å². The summed E-state index contributed by atoms with van der Waals surface area (Å²) in [5.74, 6) is -0.500. The van der Waals surface area contributed by atoms with Gasteiger partial charge in [-0.3, -0.25) is 25.2 Å². The van der Waals surface area contributed by atoms with E-state index in [0.717, 1.165) is 10.5 Å². The third-order valence-corrected chi connectivity index (χ3v) is 5.03. The Hall–Kier alpha value is -3.00. The van der Waals surface area contributed by atoms with Crippen LogP contribution in [0.4, 0.5) is 5.69 Å². The largest absolute Gasteiger partial charge is 0.484 e. The Bertz CT molecular complexity index is 900. The van der Waals surface area contributed by atoms with Gasteiger partial charge in [-0.15, -0.1) is 11.8 Å². The summed E-state index contributed by atoms with van der Waals surface area (Å²) in [6.45, 7) is 3.52. The molecule has 1 heterocycles. The van der Waals surface area contributed by atoms with E-state index in [1.807, 2.05) is 32.0 Å². The van der Waals surface area contributed by atoms with Crippen molar-refractivity contribution in [2.75, 3.05) is 11.9 Å². The van der Waals surface area contributed by atoms with Crippen molar-refractivity contribution in [3.63, 3.8) is 0 Å². The number of hydrazine groups is 1. The molecule has 1 unspecified atom stereocenters. The van der Waals surface area contributed by atoms with Crippen LogP contribution in [0.5, 0.6) is 5.75 Å². The van der Waals surface area contributed by atoms with Crippen molar-refractivity contribution in [3.05, 3.63) is 53.6 Å². The van der Waals surface area contributed by atoms with Gasteiger partial charge in [-0.1, -0.05) is 12.1 Å². The van der Waals surface area contributed by atoms with E-state index in [-0.39, 0.29) is 17.8 Å². The fraction of sp³-hybridized carbons (Fsp3) is 0.211. The molecular formula is C19H19N3O4S. The third-order valence-electron chi connectivity index (χ3n) is 3.85. The number of anilines is 1. The fourth-order valence-electron chi connectivity index (χ4n) is 2.44. The Kier molecular flexibility index (Phi) is 5.66. The van der Waals surface area contributed by atoms with Gasteiger partial charge in [0.15, 0.2) is 6.61 Å². The van der Waals surface area contributed by atoms with E-state index in [2.05, 4.69) is 16.2 Å². The number of carbonyl (C=O) groups excluding carboxylic acids is 3. The smallest absolute Gasteiger partial charge is 0.276 e.